The van der Waals surface area contributed by atoms with E-state index < -0.39 is 0 Å². The van der Waals surface area contributed by atoms with Gasteiger partial charge in [-0.05, 0) is 37.7 Å². The van der Waals surface area contributed by atoms with Crippen LogP contribution in [0.5, 0.6) is 0 Å². The van der Waals surface area contributed by atoms with Gasteiger partial charge in [-0.2, -0.15) is 0 Å². The van der Waals surface area contributed by atoms with Crippen LogP contribution < -0.4 is 5.32 Å². The third kappa shape index (κ3) is 4.30. The molecular weight excluding hydrogens is 312 g/mol. The lowest BCUT2D eigenvalue weighted by molar-refractivity contribution is -0.125. The second-order valence-corrected chi connectivity index (χ2v) is 6.20. The van der Waals surface area contributed by atoms with E-state index in [1.165, 1.54) is 5.56 Å². The highest BCUT2D eigenvalue weighted by Gasteiger charge is 2.12. The third-order valence-electron chi connectivity index (χ3n) is 2.72. The average Bonchev–Trinajstić information content (AvgIpc) is 2.35. The number of rotatable bonds is 5. The summed E-state index contributed by atoms with van der Waals surface area (Å²) in [5.41, 5.74) is 1.21. The van der Waals surface area contributed by atoms with E-state index in [1.54, 1.807) is 30.8 Å². The maximum absolute atomic E-state index is 11.6. The van der Waals surface area contributed by atoms with E-state index in [2.05, 4.69) is 40.3 Å². The van der Waals surface area contributed by atoms with E-state index in [-0.39, 0.29) is 11.9 Å². The molecule has 1 N–H and O–H groups in total. The third-order valence-corrected chi connectivity index (χ3v) is 4.29. The van der Waals surface area contributed by atoms with Gasteiger partial charge in [0, 0.05) is 29.5 Å². The number of amides is 1. The van der Waals surface area contributed by atoms with E-state index in [0.29, 0.717) is 5.75 Å². The van der Waals surface area contributed by atoms with Gasteiger partial charge in [0.05, 0.1) is 5.75 Å². The quantitative estimate of drug-likeness (QED) is 0.842. The zero-order chi connectivity index (χ0) is 13.7. The molecule has 0 aromatic heterocycles. The van der Waals surface area contributed by atoms with Crippen LogP contribution in [0.4, 0.5) is 0 Å². The van der Waals surface area contributed by atoms with Crippen LogP contribution in [0.1, 0.15) is 18.5 Å². The van der Waals surface area contributed by atoms with Crippen LogP contribution in [0.25, 0.3) is 0 Å². The first-order chi connectivity index (χ1) is 8.45. The standard InChI is InChI=1S/C13H19BrN2OS/c1-9(15-2)11-7-10(14)5-6-12(11)18-8-13(17)16(3)4/h5-7,9,15H,8H2,1-4H3. The summed E-state index contributed by atoms with van der Waals surface area (Å²) >= 11 is 5.07. The fourth-order valence-electron chi connectivity index (χ4n) is 1.41. The van der Waals surface area contributed by atoms with Gasteiger partial charge in [0.2, 0.25) is 5.91 Å². The van der Waals surface area contributed by atoms with Crippen LogP contribution in [0, 0.1) is 0 Å². The zero-order valence-corrected chi connectivity index (χ0v) is 13.6. The summed E-state index contributed by atoms with van der Waals surface area (Å²) in [4.78, 5) is 14.4. The number of benzene rings is 1. The highest BCUT2D eigenvalue weighted by molar-refractivity contribution is 9.10. The first-order valence-corrected chi connectivity index (χ1v) is 7.53. The number of halogens is 1. The Balaban J connectivity index is 2.84. The number of thioether (sulfide) groups is 1. The Morgan fingerprint density at radius 1 is 1.50 bits per heavy atom. The Hall–Kier alpha value is -0.520. The molecule has 3 nitrogen and oxygen atoms in total. The van der Waals surface area contributed by atoms with Gasteiger partial charge in [-0.1, -0.05) is 15.9 Å². The SMILES string of the molecule is CNC(C)c1cc(Br)ccc1SCC(=O)N(C)C. The average molecular weight is 331 g/mol. The lowest BCUT2D eigenvalue weighted by atomic mass is 10.1. The van der Waals surface area contributed by atoms with Crippen LogP contribution >= 0.6 is 27.7 Å². The predicted molar refractivity (Wildman–Crippen MR) is 81.0 cm³/mol. The van der Waals surface area contributed by atoms with E-state index in [9.17, 15) is 4.79 Å². The predicted octanol–water partition coefficient (Wildman–Crippen LogP) is 2.91. The van der Waals surface area contributed by atoms with Gasteiger partial charge >= 0.3 is 0 Å². The fraction of sp³-hybridized carbons (Fsp3) is 0.462. The number of carbonyl (C=O) groups is 1. The van der Waals surface area contributed by atoms with Crippen molar-refractivity contribution >= 4 is 33.6 Å². The van der Waals surface area contributed by atoms with Crippen molar-refractivity contribution in [3.63, 3.8) is 0 Å². The second kappa shape index (κ2) is 7.16. The van der Waals surface area contributed by atoms with Gasteiger partial charge in [0.25, 0.3) is 0 Å². The number of nitrogens with zero attached hydrogens (tertiary/aromatic N) is 1. The van der Waals surface area contributed by atoms with E-state index in [1.807, 2.05) is 13.1 Å². The lowest BCUT2D eigenvalue weighted by Crippen LogP contribution is -2.23. The van der Waals surface area contributed by atoms with Gasteiger partial charge in [0.15, 0.2) is 0 Å². The molecular formula is C13H19BrN2OS. The van der Waals surface area contributed by atoms with E-state index in [0.717, 1.165) is 9.37 Å². The van der Waals surface area contributed by atoms with Gasteiger partial charge in [0.1, 0.15) is 0 Å². The van der Waals surface area contributed by atoms with Crippen molar-refractivity contribution in [2.45, 2.75) is 17.9 Å². The van der Waals surface area contributed by atoms with E-state index >= 15 is 0 Å². The summed E-state index contributed by atoms with van der Waals surface area (Å²) in [6.45, 7) is 2.11. The first kappa shape index (κ1) is 15.5. The Kier molecular flexibility index (Phi) is 6.18. The molecule has 0 fully saturated rings. The first-order valence-electron chi connectivity index (χ1n) is 5.75. The van der Waals surface area contributed by atoms with Crippen LogP contribution in [-0.2, 0) is 4.79 Å². The summed E-state index contributed by atoms with van der Waals surface area (Å²) in [7, 11) is 5.49. The molecule has 0 bridgehead atoms. The normalized spacial score (nSPS) is 12.3. The van der Waals surface area contributed by atoms with Crippen molar-refractivity contribution in [1.29, 1.82) is 0 Å². The van der Waals surface area contributed by atoms with Crippen LogP contribution in [0.3, 0.4) is 0 Å². The lowest BCUT2D eigenvalue weighted by Gasteiger charge is -2.16. The molecule has 0 saturated heterocycles. The number of carbonyl (C=O) groups excluding carboxylic acids is 1. The maximum Gasteiger partial charge on any atom is 0.232 e. The van der Waals surface area contributed by atoms with Gasteiger partial charge in [-0.15, -0.1) is 11.8 Å². The molecule has 1 aromatic carbocycles. The largest absolute Gasteiger partial charge is 0.348 e. The summed E-state index contributed by atoms with van der Waals surface area (Å²) in [6.07, 6.45) is 0. The minimum atomic E-state index is 0.131. The second-order valence-electron chi connectivity index (χ2n) is 4.27. The summed E-state index contributed by atoms with van der Waals surface area (Å²) in [5.74, 6) is 0.601. The van der Waals surface area contributed by atoms with Crippen molar-refractivity contribution in [3.8, 4) is 0 Å². The summed E-state index contributed by atoms with van der Waals surface area (Å²) in [6, 6.07) is 6.43. The molecule has 0 spiro atoms. The Labute approximate surface area is 121 Å². The molecule has 18 heavy (non-hydrogen) atoms. The number of hydrogen-bond donors (Lipinski definition) is 1. The van der Waals surface area contributed by atoms with E-state index in [4.69, 9.17) is 0 Å². The maximum atomic E-state index is 11.6. The Bertz CT molecular complexity index is 423. The molecule has 5 heteroatoms. The Morgan fingerprint density at radius 2 is 2.17 bits per heavy atom. The Morgan fingerprint density at radius 3 is 2.72 bits per heavy atom. The van der Waals surface area contributed by atoms with Crippen molar-refractivity contribution in [1.82, 2.24) is 10.2 Å². The molecule has 0 aliphatic rings. The molecule has 1 aromatic rings. The van der Waals surface area contributed by atoms with Crippen molar-refractivity contribution in [2.75, 3.05) is 26.9 Å². The molecule has 0 heterocycles. The molecule has 0 radical (unpaired) electrons. The fourth-order valence-corrected chi connectivity index (χ4v) is 2.90. The summed E-state index contributed by atoms with van der Waals surface area (Å²) in [5, 5.41) is 3.23. The molecule has 1 atom stereocenters. The minimum Gasteiger partial charge on any atom is -0.348 e. The molecule has 0 aliphatic carbocycles. The molecule has 0 aliphatic heterocycles. The van der Waals surface area contributed by atoms with Crippen molar-refractivity contribution in [3.05, 3.63) is 28.2 Å². The van der Waals surface area contributed by atoms with Crippen molar-refractivity contribution in [2.24, 2.45) is 0 Å². The van der Waals surface area contributed by atoms with Gasteiger partial charge < -0.3 is 10.2 Å². The molecule has 100 valence electrons. The number of hydrogen-bond acceptors (Lipinski definition) is 3. The smallest absolute Gasteiger partial charge is 0.232 e. The molecule has 1 unspecified atom stereocenters. The highest BCUT2D eigenvalue weighted by Crippen LogP contribution is 2.30. The zero-order valence-electron chi connectivity index (χ0n) is 11.2. The van der Waals surface area contributed by atoms with Gasteiger partial charge in [-0.3, -0.25) is 4.79 Å². The van der Waals surface area contributed by atoms with Crippen LogP contribution in [-0.4, -0.2) is 37.7 Å². The van der Waals surface area contributed by atoms with Crippen LogP contribution in [0.2, 0.25) is 0 Å². The van der Waals surface area contributed by atoms with Crippen LogP contribution in [0.15, 0.2) is 27.6 Å². The summed E-state index contributed by atoms with van der Waals surface area (Å²) < 4.78 is 1.06. The van der Waals surface area contributed by atoms with Gasteiger partial charge in [-0.25, -0.2) is 0 Å². The molecule has 0 saturated carbocycles. The molecule has 1 amide bonds. The topological polar surface area (TPSA) is 32.3 Å². The monoisotopic (exact) mass is 330 g/mol. The highest BCUT2D eigenvalue weighted by atomic mass is 79.9. The van der Waals surface area contributed by atoms with Crippen molar-refractivity contribution < 1.29 is 4.79 Å². The minimum absolute atomic E-state index is 0.131. The number of nitrogens with one attached hydrogen (secondary N) is 1. The molecule has 1 rings (SSSR count).